The van der Waals surface area contributed by atoms with Gasteiger partial charge in [-0.3, -0.25) is 0 Å². The zero-order valence-corrected chi connectivity index (χ0v) is 13.0. The van der Waals surface area contributed by atoms with E-state index in [9.17, 15) is 0 Å². The molecule has 0 aliphatic carbocycles. The number of anilines is 1. The molecule has 1 aromatic carbocycles. The predicted octanol–water partition coefficient (Wildman–Crippen LogP) is 3.24. The lowest BCUT2D eigenvalue weighted by molar-refractivity contribution is 0.885. The van der Waals surface area contributed by atoms with Crippen molar-refractivity contribution in [3.05, 3.63) is 54.1 Å². The highest BCUT2D eigenvalue weighted by atomic mass is 15.3. The average Bonchev–Trinajstić information content (AvgIpc) is 2.92. The standard InChI is InChI=1S/C17H19N5/c1-4-15-19-10-13(11-20-15)16-12(2)17(18-3)22(21-16)14-8-6-5-7-9-14/h5-11,18H,4H2,1-3H3. The zero-order chi connectivity index (χ0) is 15.5. The summed E-state index contributed by atoms with van der Waals surface area (Å²) in [6.45, 7) is 4.10. The first kappa shape index (κ1) is 14.3. The summed E-state index contributed by atoms with van der Waals surface area (Å²) in [4.78, 5) is 8.74. The van der Waals surface area contributed by atoms with Crippen LogP contribution in [0.4, 0.5) is 5.82 Å². The van der Waals surface area contributed by atoms with E-state index in [1.807, 2.05) is 61.4 Å². The normalized spacial score (nSPS) is 10.7. The predicted molar refractivity (Wildman–Crippen MR) is 88.3 cm³/mol. The van der Waals surface area contributed by atoms with Gasteiger partial charge < -0.3 is 5.32 Å². The molecule has 0 spiro atoms. The minimum atomic E-state index is 0.833. The maximum Gasteiger partial charge on any atom is 0.133 e. The molecule has 0 aliphatic heterocycles. The number of aromatic nitrogens is 4. The Morgan fingerprint density at radius 1 is 1.09 bits per heavy atom. The highest BCUT2D eigenvalue weighted by Crippen LogP contribution is 2.29. The van der Waals surface area contributed by atoms with Crippen LogP contribution in [0.15, 0.2) is 42.7 Å². The first-order chi connectivity index (χ1) is 10.7. The number of para-hydroxylation sites is 1. The van der Waals surface area contributed by atoms with Gasteiger partial charge in [-0.2, -0.15) is 5.10 Å². The summed E-state index contributed by atoms with van der Waals surface area (Å²) >= 11 is 0. The van der Waals surface area contributed by atoms with Gasteiger partial charge in [-0.1, -0.05) is 25.1 Å². The van der Waals surface area contributed by atoms with Gasteiger partial charge in [0.25, 0.3) is 0 Å². The highest BCUT2D eigenvalue weighted by Gasteiger charge is 2.16. The third kappa shape index (κ3) is 2.45. The molecule has 1 N–H and O–H groups in total. The van der Waals surface area contributed by atoms with Gasteiger partial charge in [0.05, 0.1) is 5.69 Å². The number of rotatable bonds is 4. The number of aryl methyl sites for hydroxylation is 1. The molecule has 112 valence electrons. The molecular formula is C17H19N5. The van der Waals surface area contributed by atoms with E-state index in [1.54, 1.807) is 0 Å². The van der Waals surface area contributed by atoms with Gasteiger partial charge in [0, 0.05) is 37.0 Å². The van der Waals surface area contributed by atoms with Gasteiger partial charge in [0.2, 0.25) is 0 Å². The van der Waals surface area contributed by atoms with Crippen LogP contribution >= 0.6 is 0 Å². The van der Waals surface area contributed by atoms with Gasteiger partial charge >= 0.3 is 0 Å². The van der Waals surface area contributed by atoms with Gasteiger partial charge in [-0.15, -0.1) is 0 Å². The maximum absolute atomic E-state index is 4.75. The molecule has 0 saturated heterocycles. The van der Waals surface area contributed by atoms with Crippen molar-refractivity contribution in [2.24, 2.45) is 0 Å². The summed E-state index contributed by atoms with van der Waals surface area (Å²) in [6.07, 6.45) is 4.52. The van der Waals surface area contributed by atoms with Crippen molar-refractivity contribution in [1.82, 2.24) is 19.7 Å². The zero-order valence-electron chi connectivity index (χ0n) is 13.0. The largest absolute Gasteiger partial charge is 0.373 e. The van der Waals surface area contributed by atoms with Crippen molar-refractivity contribution in [2.75, 3.05) is 12.4 Å². The van der Waals surface area contributed by atoms with Crippen LogP contribution in [0.2, 0.25) is 0 Å². The van der Waals surface area contributed by atoms with Crippen molar-refractivity contribution in [3.8, 4) is 16.9 Å². The molecule has 0 aliphatic rings. The fraction of sp³-hybridized carbons (Fsp3) is 0.235. The summed E-state index contributed by atoms with van der Waals surface area (Å²) < 4.78 is 1.92. The Balaban J connectivity index is 2.11. The van der Waals surface area contributed by atoms with Gasteiger partial charge in [0.15, 0.2) is 0 Å². The molecule has 0 saturated carbocycles. The monoisotopic (exact) mass is 293 g/mol. The summed E-state index contributed by atoms with van der Waals surface area (Å²) in [5, 5.41) is 7.99. The van der Waals surface area contributed by atoms with Crippen LogP contribution in [-0.2, 0) is 6.42 Å². The summed E-state index contributed by atoms with van der Waals surface area (Å²) in [5.41, 5.74) is 3.93. The van der Waals surface area contributed by atoms with Crippen LogP contribution in [0.1, 0.15) is 18.3 Å². The van der Waals surface area contributed by atoms with Crippen molar-refractivity contribution in [2.45, 2.75) is 20.3 Å². The van der Waals surface area contributed by atoms with Crippen LogP contribution < -0.4 is 5.32 Å². The molecule has 0 bridgehead atoms. The molecule has 0 unspecified atom stereocenters. The first-order valence-electron chi connectivity index (χ1n) is 7.38. The molecule has 5 heteroatoms. The summed E-state index contributed by atoms with van der Waals surface area (Å²) in [6, 6.07) is 10.1. The van der Waals surface area contributed by atoms with Crippen LogP contribution in [-0.4, -0.2) is 26.8 Å². The van der Waals surface area contributed by atoms with Crippen LogP contribution in [0, 0.1) is 6.92 Å². The van der Waals surface area contributed by atoms with Crippen molar-refractivity contribution < 1.29 is 0 Å². The van der Waals surface area contributed by atoms with E-state index < -0.39 is 0 Å². The molecule has 3 aromatic rings. The second-order valence-electron chi connectivity index (χ2n) is 5.06. The van der Waals surface area contributed by atoms with E-state index >= 15 is 0 Å². The Morgan fingerprint density at radius 2 is 1.77 bits per heavy atom. The van der Waals surface area contributed by atoms with E-state index in [-0.39, 0.29) is 0 Å². The van der Waals surface area contributed by atoms with Gasteiger partial charge in [0.1, 0.15) is 17.3 Å². The van der Waals surface area contributed by atoms with E-state index in [2.05, 4.69) is 22.2 Å². The van der Waals surface area contributed by atoms with E-state index in [1.165, 1.54) is 0 Å². The van der Waals surface area contributed by atoms with E-state index in [4.69, 9.17) is 5.10 Å². The van der Waals surface area contributed by atoms with Crippen molar-refractivity contribution in [3.63, 3.8) is 0 Å². The molecule has 22 heavy (non-hydrogen) atoms. The van der Waals surface area contributed by atoms with Crippen molar-refractivity contribution in [1.29, 1.82) is 0 Å². The van der Waals surface area contributed by atoms with Gasteiger partial charge in [-0.25, -0.2) is 14.6 Å². The summed E-state index contributed by atoms with van der Waals surface area (Å²) in [5.74, 6) is 1.82. The fourth-order valence-corrected chi connectivity index (χ4v) is 2.48. The Hall–Kier alpha value is -2.69. The Kier molecular flexibility index (Phi) is 3.87. The van der Waals surface area contributed by atoms with E-state index in [0.717, 1.165) is 40.6 Å². The molecule has 0 amide bonds. The number of hydrogen-bond donors (Lipinski definition) is 1. The third-order valence-electron chi connectivity index (χ3n) is 3.65. The highest BCUT2D eigenvalue weighted by molar-refractivity contribution is 5.69. The maximum atomic E-state index is 4.75. The molecule has 0 fully saturated rings. The molecule has 3 rings (SSSR count). The van der Waals surface area contributed by atoms with E-state index in [0.29, 0.717) is 0 Å². The lowest BCUT2D eigenvalue weighted by Gasteiger charge is -2.06. The van der Waals surface area contributed by atoms with Crippen molar-refractivity contribution >= 4 is 5.82 Å². The first-order valence-corrected chi connectivity index (χ1v) is 7.38. The molecule has 0 radical (unpaired) electrons. The minimum absolute atomic E-state index is 0.833. The Labute approximate surface area is 130 Å². The lowest BCUT2D eigenvalue weighted by Crippen LogP contribution is -2.02. The topological polar surface area (TPSA) is 55.6 Å². The van der Waals surface area contributed by atoms with Crippen LogP contribution in [0.3, 0.4) is 0 Å². The average molecular weight is 293 g/mol. The second kappa shape index (κ2) is 5.97. The molecule has 2 aromatic heterocycles. The molecule has 2 heterocycles. The SMILES string of the molecule is CCc1ncc(-c2nn(-c3ccccc3)c(NC)c2C)cn1. The Bertz CT molecular complexity index is 760. The Morgan fingerprint density at radius 3 is 2.36 bits per heavy atom. The molecular weight excluding hydrogens is 274 g/mol. The second-order valence-corrected chi connectivity index (χ2v) is 5.06. The number of nitrogens with zero attached hydrogens (tertiary/aromatic N) is 4. The molecule has 0 atom stereocenters. The smallest absolute Gasteiger partial charge is 0.133 e. The minimum Gasteiger partial charge on any atom is -0.373 e. The van der Waals surface area contributed by atoms with Gasteiger partial charge in [-0.05, 0) is 19.1 Å². The number of nitrogens with one attached hydrogen (secondary N) is 1. The lowest BCUT2D eigenvalue weighted by atomic mass is 10.1. The van der Waals surface area contributed by atoms with Crippen LogP contribution in [0.25, 0.3) is 16.9 Å². The molecule has 5 nitrogen and oxygen atoms in total. The number of hydrogen-bond acceptors (Lipinski definition) is 4. The van der Waals surface area contributed by atoms with Crippen LogP contribution in [0.5, 0.6) is 0 Å². The quantitative estimate of drug-likeness (QED) is 0.802. The summed E-state index contributed by atoms with van der Waals surface area (Å²) in [7, 11) is 1.91. The third-order valence-corrected chi connectivity index (χ3v) is 3.65. The fourth-order valence-electron chi connectivity index (χ4n) is 2.48. The number of benzene rings is 1.